The van der Waals surface area contributed by atoms with E-state index in [2.05, 4.69) is 53.7 Å². The van der Waals surface area contributed by atoms with Crippen molar-refractivity contribution in [2.75, 3.05) is 12.4 Å². The molecular weight excluding hydrogens is 248 g/mol. The second-order valence-corrected chi connectivity index (χ2v) is 5.03. The Bertz CT molecular complexity index is 715. The van der Waals surface area contributed by atoms with Crippen molar-refractivity contribution < 1.29 is 0 Å². The van der Waals surface area contributed by atoms with Gasteiger partial charge in [-0.3, -0.25) is 4.98 Å². The predicted molar refractivity (Wildman–Crippen MR) is 83.4 cm³/mol. The zero-order valence-corrected chi connectivity index (χ0v) is 11.9. The zero-order chi connectivity index (χ0) is 14.1. The first-order chi connectivity index (χ1) is 9.69. The monoisotopic (exact) mass is 266 g/mol. The predicted octanol–water partition coefficient (Wildman–Crippen LogP) is 2.95. The SMILES string of the molecule is CNc1nc(C2=C(C)C=CC(C)N2)cc2cccnc12. The van der Waals surface area contributed by atoms with E-state index in [4.69, 9.17) is 4.98 Å². The molecule has 3 rings (SSSR count). The molecule has 1 aliphatic heterocycles. The third kappa shape index (κ3) is 2.13. The number of nitrogens with one attached hydrogen (secondary N) is 2. The van der Waals surface area contributed by atoms with Gasteiger partial charge in [0.25, 0.3) is 0 Å². The average Bonchev–Trinajstić information content (AvgIpc) is 2.48. The van der Waals surface area contributed by atoms with Gasteiger partial charge in [-0.15, -0.1) is 0 Å². The van der Waals surface area contributed by atoms with Crippen LogP contribution in [0.4, 0.5) is 5.82 Å². The molecule has 0 aromatic carbocycles. The minimum absolute atomic E-state index is 0.318. The third-order valence-corrected chi connectivity index (χ3v) is 3.48. The van der Waals surface area contributed by atoms with Gasteiger partial charge < -0.3 is 10.6 Å². The molecule has 4 nitrogen and oxygen atoms in total. The Morgan fingerprint density at radius 2 is 2.20 bits per heavy atom. The van der Waals surface area contributed by atoms with E-state index in [0.717, 1.165) is 28.1 Å². The third-order valence-electron chi connectivity index (χ3n) is 3.48. The molecular formula is C16H18N4. The van der Waals surface area contributed by atoms with Crippen molar-refractivity contribution in [2.24, 2.45) is 0 Å². The van der Waals surface area contributed by atoms with Crippen molar-refractivity contribution in [1.82, 2.24) is 15.3 Å². The van der Waals surface area contributed by atoms with Gasteiger partial charge in [0.05, 0.1) is 11.4 Å². The van der Waals surface area contributed by atoms with Crippen LogP contribution in [0.5, 0.6) is 0 Å². The molecule has 0 saturated carbocycles. The Kier molecular flexibility index (Phi) is 3.14. The number of hydrogen-bond acceptors (Lipinski definition) is 4. The fourth-order valence-electron chi connectivity index (χ4n) is 2.42. The van der Waals surface area contributed by atoms with Gasteiger partial charge >= 0.3 is 0 Å². The number of fused-ring (bicyclic) bond motifs is 1. The van der Waals surface area contributed by atoms with Crippen molar-refractivity contribution >= 4 is 22.4 Å². The first-order valence-corrected chi connectivity index (χ1v) is 6.78. The number of anilines is 1. The summed E-state index contributed by atoms with van der Waals surface area (Å²) >= 11 is 0. The molecule has 2 aromatic rings. The Morgan fingerprint density at radius 1 is 1.35 bits per heavy atom. The van der Waals surface area contributed by atoms with E-state index in [1.54, 1.807) is 6.20 Å². The maximum absolute atomic E-state index is 4.70. The van der Waals surface area contributed by atoms with E-state index in [0.29, 0.717) is 6.04 Å². The molecule has 0 bridgehead atoms. The van der Waals surface area contributed by atoms with Gasteiger partial charge in [0.2, 0.25) is 0 Å². The summed E-state index contributed by atoms with van der Waals surface area (Å²) in [6.45, 7) is 4.23. The first kappa shape index (κ1) is 12.7. The van der Waals surface area contributed by atoms with Crippen LogP contribution in [0.2, 0.25) is 0 Å². The summed E-state index contributed by atoms with van der Waals surface area (Å²) in [6, 6.07) is 6.41. The number of hydrogen-bond donors (Lipinski definition) is 2. The van der Waals surface area contributed by atoms with Crippen molar-refractivity contribution in [2.45, 2.75) is 19.9 Å². The molecule has 0 fully saturated rings. The van der Waals surface area contributed by atoms with E-state index in [9.17, 15) is 0 Å². The Morgan fingerprint density at radius 3 is 3.00 bits per heavy atom. The number of aromatic nitrogens is 2. The maximum atomic E-state index is 4.70. The van der Waals surface area contributed by atoms with Crippen molar-refractivity contribution in [1.29, 1.82) is 0 Å². The molecule has 0 saturated heterocycles. The number of pyridine rings is 2. The molecule has 0 radical (unpaired) electrons. The highest BCUT2D eigenvalue weighted by atomic mass is 15.0. The van der Waals surface area contributed by atoms with Gasteiger partial charge in [0, 0.05) is 24.7 Å². The van der Waals surface area contributed by atoms with E-state index in [1.165, 1.54) is 5.57 Å². The van der Waals surface area contributed by atoms with Crippen LogP contribution in [0.1, 0.15) is 19.5 Å². The lowest BCUT2D eigenvalue weighted by Crippen LogP contribution is -2.26. The Balaban J connectivity index is 2.20. The minimum Gasteiger partial charge on any atom is -0.377 e. The lowest BCUT2D eigenvalue weighted by molar-refractivity contribution is 0.768. The summed E-state index contributed by atoms with van der Waals surface area (Å²) in [4.78, 5) is 9.10. The molecule has 0 amide bonds. The Labute approximate surface area is 118 Å². The molecule has 1 unspecified atom stereocenters. The molecule has 20 heavy (non-hydrogen) atoms. The lowest BCUT2D eigenvalue weighted by Gasteiger charge is -2.21. The van der Waals surface area contributed by atoms with Crippen LogP contribution in [0.3, 0.4) is 0 Å². The highest BCUT2D eigenvalue weighted by molar-refractivity contribution is 5.90. The lowest BCUT2D eigenvalue weighted by atomic mass is 10.0. The fourth-order valence-corrected chi connectivity index (χ4v) is 2.42. The van der Waals surface area contributed by atoms with E-state index in [-0.39, 0.29) is 0 Å². The summed E-state index contributed by atoms with van der Waals surface area (Å²) in [5.41, 5.74) is 4.13. The van der Waals surface area contributed by atoms with Crippen LogP contribution in [0.15, 0.2) is 42.1 Å². The average molecular weight is 266 g/mol. The summed E-state index contributed by atoms with van der Waals surface area (Å²) in [5.74, 6) is 0.808. The summed E-state index contributed by atoms with van der Waals surface area (Å²) in [7, 11) is 1.87. The minimum atomic E-state index is 0.318. The topological polar surface area (TPSA) is 49.8 Å². The fraction of sp³-hybridized carbons (Fsp3) is 0.250. The number of allylic oxidation sites excluding steroid dienone is 2. The molecule has 0 aliphatic carbocycles. The van der Waals surface area contributed by atoms with Crippen LogP contribution in [0, 0.1) is 0 Å². The van der Waals surface area contributed by atoms with Gasteiger partial charge in [-0.25, -0.2) is 4.98 Å². The molecule has 102 valence electrons. The molecule has 4 heteroatoms. The molecule has 1 atom stereocenters. The molecule has 3 heterocycles. The second kappa shape index (κ2) is 4.96. The van der Waals surface area contributed by atoms with Crippen LogP contribution >= 0.6 is 0 Å². The zero-order valence-electron chi connectivity index (χ0n) is 11.9. The number of rotatable bonds is 2. The second-order valence-electron chi connectivity index (χ2n) is 5.03. The molecule has 1 aliphatic rings. The normalized spacial score (nSPS) is 18.2. The van der Waals surface area contributed by atoms with Gasteiger partial charge in [-0.1, -0.05) is 18.2 Å². The van der Waals surface area contributed by atoms with Gasteiger partial charge in [-0.2, -0.15) is 0 Å². The largest absolute Gasteiger partial charge is 0.377 e. The highest BCUT2D eigenvalue weighted by Gasteiger charge is 2.15. The van der Waals surface area contributed by atoms with Crippen molar-refractivity contribution in [3.8, 4) is 0 Å². The standard InChI is InChI=1S/C16H18N4/c1-10-6-7-11(2)19-14(10)13-9-12-5-4-8-18-15(12)16(17-3)20-13/h4-9,11,19H,1-3H3,(H,17,20). The van der Waals surface area contributed by atoms with Gasteiger partial charge in [-0.05, 0) is 31.6 Å². The van der Waals surface area contributed by atoms with Crippen molar-refractivity contribution in [3.05, 3.63) is 47.8 Å². The maximum Gasteiger partial charge on any atom is 0.153 e. The molecule has 2 aromatic heterocycles. The molecule has 0 spiro atoms. The van der Waals surface area contributed by atoms with Crippen molar-refractivity contribution in [3.63, 3.8) is 0 Å². The van der Waals surface area contributed by atoms with E-state index < -0.39 is 0 Å². The summed E-state index contributed by atoms with van der Waals surface area (Å²) < 4.78 is 0. The van der Waals surface area contributed by atoms with Crippen LogP contribution in [-0.2, 0) is 0 Å². The van der Waals surface area contributed by atoms with E-state index >= 15 is 0 Å². The van der Waals surface area contributed by atoms with Crippen LogP contribution in [-0.4, -0.2) is 23.1 Å². The first-order valence-electron chi connectivity index (χ1n) is 6.78. The van der Waals surface area contributed by atoms with Crippen LogP contribution < -0.4 is 10.6 Å². The summed E-state index contributed by atoms with van der Waals surface area (Å²) in [6.07, 6.45) is 6.09. The van der Waals surface area contributed by atoms with Crippen LogP contribution in [0.25, 0.3) is 16.6 Å². The van der Waals surface area contributed by atoms with Gasteiger partial charge in [0.15, 0.2) is 5.82 Å². The van der Waals surface area contributed by atoms with E-state index in [1.807, 2.05) is 13.1 Å². The Hall–Kier alpha value is -2.36. The quantitative estimate of drug-likeness (QED) is 0.877. The van der Waals surface area contributed by atoms with Gasteiger partial charge in [0.1, 0.15) is 5.52 Å². The number of nitrogens with zero attached hydrogens (tertiary/aromatic N) is 2. The molecule has 2 N–H and O–H groups in total. The smallest absolute Gasteiger partial charge is 0.153 e. The summed E-state index contributed by atoms with van der Waals surface area (Å²) in [5, 5.41) is 7.70. The highest BCUT2D eigenvalue weighted by Crippen LogP contribution is 2.26. The number of dihydropyridines is 1.